The Kier molecular flexibility index (Phi) is 16.6. The summed E-state index contributed by atoms with van der Waals surface area (Å²) in [5.74, 6) is 0. The van der Waals surface area contributed by atoms with Gasteiger partial charge < -0.3 is 24.0 Å². The van der Waals surface area contributed by atoms with Gasteiger partial charge in [0.05, 0.1) is 27.9 Å². The number of nitrogens with zero attached hydrogens (tertiary/aromatic N) is 5. The molecule has 107 heavy (non-hydrogen) atoms. The molecular formula is C102H71N5. The molecule has 17 aromatic carbocycles. The number of fused-ring (bicyclic) bond motifs is 6. The second-order valence-corrected chi connectivity index (χ2v) is 27.2. The van der Waals surface area contributed by atoms with Crippen LogP contribution in [0.1, 0.15) is 0 Å². The number of aromatic nitrogens is 1. The Hall–Kier alpha value is -14.3. The van der Waals surface area contributed by atoms with E-state index in [0.717, 1.165) is 146 Å². The Balaban J connectivity index is 0.827. The highest BCUT2D eigenvalue weighted by molar-refractivity contribution is 6.24. The topological polar surface area (TPSA) is 17.4 Å². The summed E-state index contributed by atoms with van der Waals surface area (Å²) in [5, 5.41) is 4.78. The summed E-state index contributed by atoms with van der Waals surface area (Å²) in [4.78, 5) is 9.86. The molecule has 0 unspecified atom stereocenters. The third kappa shape index (κ3) is 11.8. The van der Waals surface area contributed by atoms with Crippen molar-refractivity contribution in [3.63, 3.8) is 0 Å². The van der Waals surface area contributed by atoms with Gasteiger partial charge in [0.1, 0.15) is 0 Å². The van der Waals surface area contributed by atoms with Gasteiger partial charge >= 0.3 is 0 Å². The number of anilines is 12. The molecule has 5 heteroatoms. The van der Waals surface area contributed by atoms with Crippen LogP contribution in [0.4, 0.5) is 68.2 Å². The zero-order valence-electron chi connectivity index (χ0n) is 58.7. The molecule has 0 aliphatic heterocycles. The quantitative estimate of drug-likeness (QED) is 0.0851. The van der Waals surface area contributed by atoms with Gasteiger partial charge in [0, 0.05) is 101 Å². The molecule has 0 atom stereocenters. The number of para-hydroxylation sites is 7. The lowest BCUT2D eigenvalue weighted by molar-refractivity contribution is 1.25. The average molecular weight is 1370 g/mol. The van der Waals surface area contributed by atoms with E-state index in [4.69, 9.17) is 0 Å². The minimum absolute atomic E-state index is 1.01. The van der Waals surface area contributed by atoms with Crippen LogP contribution in [0.2, 0.25) is 0 Å². The van der Waals surface area contributed by atoms with Gasteiger partial charge in [0.25, 0.3) is 0 Å². The molecule has 0 fully saturated rings. The maximum Gasteiger partial charge on any atom is 0.0620 e. The van der Waals surface area contributed by atoms with Crippen LogP contribution in [0.15, 0.2) is 431 Å². The second-order valence-electron chi connectivity index (χ2n) is 27.2. The molecule has 2 heterocycles. The molecule has 0 aliphatic carbocycles. The van der Waals surface area contributed by atoms with Gasteiger partial charge in [0.2, 0.25) is 0 Å². The lowest BCUT2D eigenvalue weighted by Crippen LogP contribution is -2.15. The van der Waals surface area contributed by atoms with Gasteiger partial charge in [-0.1, -0.05) is 322 Å². The summed E-state index contributed by atoms with van der Waals surface area (Å²) in [6.45, 7) is 0. The highest BCUT2D eigenvalue weighted by Gasteiger charge is 2.29. The predicted octanol–water partition coefficient (Wildman–Crippen LogP) is 28.7. The fourth-order valence-corrected chi connectivity index (χ4v) is 16.0. The van der Waals surface area contributed by atoms with Gasteiger partial charge in [-0.3, -0.25) is 0 Å². The standard InChI is InChI=1S/C102H71N5/c1-11-34-72(35-12-1)78-64-86(68-88(66-78)105(82-50-27-9-28-51-82)100-90(74-38-15-3-16-39-74)54-31-55-91(100)75-40-17-4-18-41-75)103(80-46-23-7-24-47-80)84-60-62-94-96-58-33-59-97-95-63-61-85(71-99(95)107(102(96)97)98(94)70-84)104(81-48-25-8-26-49-81)87-65-79(73-36-13-2-14-37-73)67-89(69-87)106(83-52-29-10-30-53-83)101-92(76-42-19-5-20-43-76)56-32-57-93(101)77-44-21-6-22-45-77/h1-71H. The van der Waals surface area contributed by atoms with Crippen molar-refractivity contribution in [2.24, 2.45) is 0 Å². The fraction of sp³-hybridized carbons (Fsp3) is 0. The number of hydrogen-bond donors (Lipinski definition) is 0. The van der Waals surface area contributed by atoms with Crippen LogP contribution in [0.5, 0.6) is 0 Å². The van der Waals surface area contributed by atoms with Crippen molar-refractivity contribution in [2.75, 3.05) is 19.6 Å². The van der Waals surface area contributed by atoms with Crippen LogP contribution in [0, 0.1) is 0 Å². The van der Waals surface area contributed by atoms with Crippen LogP contribution in [0.3, 0.4) is 0 Å². The molecule has 0 N–H and O–H groups in total. The minimum Gasteiger partial charge on any atom is -0.310 e. The first-order valence-corrected chi connectivity index (χ1v) is 36.6. The fourth-order valence-electron chi connectivity index (χ4n) is 16.0. The molecule has 0 spiro atoms. The largest absolute Gasteiger partial charge is 0.310 e. The van der Waals surface area contributed by atoms with Crippen LogP contribution in [-0.2, 0) is 0 Å². The van der Waals surface area contributed by atoms with Crippen molar-refractivity contribution < 1.29 is 0 Å². The van der Waals surface area contributed by atoms with Crippen molar-refractivity contribution in [3.05, 3.63) is 431 Å². The van der Waals surface area contributed by atoms with E-state index < -0.39 is 0 Å². The molecule has 0 saturated carbocycles. The van der Waals surface area contributed by atoms with E-state index >= 15 is 0 Å². The molecule has 19 rings (SSSR count). The van der Waals surface area contributed by atoms with Gasteiger partial charge in [-0.05, 0) is 154 Å². The van der Waals surface area contributed by atoms with Gasteiger partial charge in [0.15, 0.2) is 0 Å². The smallest absolute Gasteiger partial charge is 0.0620 e. The number of benzene rings is 17. The Morgan fingerprint density at radius 2 is 0.402 bits per heavy atom. The molecular weight excluding hydrogens is 1300 g/mol. The minimum atomic E-state index is 1.01. The van der Waals surface area contributed by atoms with Crippen molar-refractivity contribution in [1.82, 2.24) is 4.40 Å². The summed E-state index contributed by atoms with van der Waals surface area (Å²) < 4.78 is 2.54. The summed E-state index contributed by atoms with van der Waals surface area (Å²) in [7, 11) is 0. The van der Waals surface area contributed by atoms with Gasteiger partial charge in [-0.15, -0.1) is 0 Å². The molecule has 5 nitrogen and oxygen atoms in total. The first kappa shape index (κ1) is 63.6. The van der Waals surface area contributed by atoms with Crippen LogP contribution < -0.4 is 19.6 Å². The number of rotatable bonds is 18. The van der Waals surface area contributed by atoms with Crippen molar-refractivity contribution in [2.45, 2.75) is 0 Å². The molecule has 0 bridgehead atoms. The number of hydrogen-bond acceptors (Lipinski definition) is 4. The van der Waals surface area contributed by atoms with E-state index in [1.807, 2.05) is 0 Å². The summed E-state index contributed by atoms with van der Waals surface area (Å²) >= 11 is 0. The van der Waals surface area contributed by atoms with Crippen molar-refractivity contribution in [1.29, 1.82) is 0 Å². The van der Waals surface area contributed by atoms with Crippen molar-refractivity contribution in [3.8, 4) is 66.8 Å². The summed E-state index contributed by atoms with van der Waals surface area (Å²) in [5.41, 5.74) is 29.3. The van der Waals surface area contributed by atoms with Gasteiger partial charge in [-0.2, -0.15) is 0 Å². The van der Waals surface area contributed by atoms with Crippen LogP contribution in [-0.4, -0.2) is 4.40 Å². The van der Waals surface area contributed by atoms with E-state index in [2.05, 4.69) is 455 Å². The first-order chi connectivity index (χ1) is 53.1. The third-order valence-electron chi connectivity index (χ3n) is 20.8. The van der Waals surface area contributed by atoms with E-state index in [9.17, 15) is 0 Å². The third-order valence-corrected chi connectivity index (χ3v) is 20.8. The Bertz CT molecular complexity index is 5840. The highest BCUT2D eigenvalue weighted by Crippen LogP contribution is 2.53. The zero-order chi connectivity index (χ0) is 71.0. The van der Waals surface area contributed by atoms with E-state index in [1.54, 1.807) is 0 Å². The van der Waals surface area contributed by atoms with Gasteiger partial charge in [-0.25, -0.2) is 0 Å². The first-order valence-electron chi connectivity index (χ1n) is 36.6. The molecule has 0 saturated heterocycles. The zero-order valence-corrected chi connectivity index (χ0v) is 58.7. The maximum absolute atomic E-state index is 2.54. The Morgan fingerprint density at radius 1 is 0.150 bits per heavy atom. The molecule has 0 amide bonds. The predicted molar refractivity (Wildman–Crippen MR) is 452 cm³/mol. The molecule has 0 radical (unpaired) electrons. The van der Waals surface area contributed by atoms with Crippen LogP contribution >= 0.6 is 0 Å². The normalized spacial score (nSPS) is 11.4. The monoisotopic (exact) mass is 1370 g/mol. The SMILES string of the molecule is c1ccc(-c2cc(N(c3ccccc3)c3ccc4c5cccc6c7ccc(N(c8ccccc8)c8cc(-c9ccccc9)cc(N(c9ccccc9)c9c(-c%10ccccc%10)cccc9-c9ccccc9)c8)cc7n(c4c3)c56)cc(N(c3ccccc3)c3c(-c4ccccc4)cccc3-c3ccccc3)c2)cc1. The average Bonchev–Trinajstić information content (AvgIpc) is 1.55. The Labute approximate surface area is 623 Å². The maximum atomic E-state index is 2.54. The van der Waals surface area contributed by atoms with Crippen LogP contribution in [0.25, 0.3) is 105 Å². The molecule has 0 aliphatic rings. The van der Waals surface area contributed by atoms with E-state index in [1.165, 1.54) is 27.1 Å². The Morgan fingerprint density at radius 3 is 0.701 bits per heavy atom. The molecule has 2 aromatic heterocycles. The van der Waals surface area contributed by atoms with E-state index in [0.29, 0.717) is 0 Å². The second kappa shape index (κ2) is 27.8. The summed E-state index contributed by atoms with van der Waals surface area (Å²) in [6.07, 6.45) is 0. The summed E-state index contributed by atoms with van der Waals surface area (Å²) in [6, 6.07) is 157. The lowest BCUT2D eigenvalue weighted by atomic mass is 9.93. The lowest BCUT2D eigenvalue weighted by Gasteiger charge is -2.33. The molecule has 504 valence electrons. The molecule has 19 aromatic rings. The van der Waals surface area contributed by atoms with Crippen molar-refractivity contribution >= 4 is 106 Å². The highest BCUT2D eigenvalue weighted by atomic mass is 15.2. The van der Waals surface area contributed by atoms with E-state index in [-0.39, 0.29) is 0 Å².